The maximum atomic E-state index is 13.4. The van der Waals surface area contributed by atoms with E-state index in [9.17, 15) is 18.0 Å². The number of fused-ring (bicyclic) bond motifs is 1. The fraction of sp³-hybridized carbons (Fsp3) is 0.214. The van der Waals surface area contributed by atoms with Crippen molar-refractivity contribution in [1.29, 1.82) is 0 Å². The van der Waals surface area contributed by atoms with Crippen LogP contribution in [0, 0.1) is 4.77 Å². The first-order chi connectivity index (χ1) is 10.8. The molecule has 3 rings (SSSR count). The van der Waals surface area contributed by atoms with Crippen LogP contribution in [0.1, 0.15) is 12.5 Å². The molecule has 0 amide bonds. The van der Waals surface area contributed by atoms with Crippen LogP contribution in [0.15, 0.2) is 33.7 Å². The summed E-state index contributed by atoms with van der Waals surface area (Å²) in [6, 6.07) is 3.84. The van der Waals surface area contributed by atoms with E-state index in [0.717, 1.165) is 6.07 Å². The number of nitrogens with one attached hydrogen (secondary N) is 1. The Kier molecular flexibility index (Phi) is 3.59. The van der Waals surface area contributed by atoms with Gasteiger partial charge in [-0.15, -0.1) is 0 Å². The molecule has 0 fully saturated rings. The third kappa shape index (κ3) is 2.56. The van der Waals surface area contributed by atoms with Gasteiger partial charge >= 0.3 is 6.18 Å². The molecule has 0 aliphatic heterocycles. The number of H-pyrrole nitrogens is 1. The number of hydrogen-bond acceptors (Lipinski definition) is 4. The van der Waals surface area contributed by atoms with Crippen molar-refractivity contribution >= 4 is 23.3 Å². The summed E-state index contributed by atoms with van der Waals surface area (Å²) < 4.78 is 46.7. The average molecular weight is 341 g/mol. The second-order valence-corrected chi connectivity index (χ2v) is 5.12. The summed E-state index contributed by atoms with van der Waals surface area (Å²) in [5, 5.41) is -0.539. The SMILES string of the molecule is CCn1c(=S)[nH]c(=O)c2c(C(F)(F)F)cc(-c3ccco3)nc21. The molecule has 9 heteroatoms. The first-order valence-electron chi connectivity index (χ1n) is 6.62. The van der Waals surface area contributed by atoms with E-state index in [2.05, 4.69) is 9.97 Å². The van der Waals surface area contributed by atoms with Crippen molar-refractivity contribution in [2.45, 2.75) is 19.6 Å². The number of nitrogens with zero attached hydrogens (tertiary/aromatic N) is 2. The quantitative estimate of drug-likeness (QED) is 0.721. The van der Waals surface area contributed by atoms with Gasteiger partial charge in [-0.3, -0.25) is 9.78 Å². The molecule has 0 unspecified atom stereocenters. The van der Waals surface area contributed by atoms with Crippen molar-refractivity contribution in [1.82, 2.24) is 14.5 Å². The first-order valence-corrected chi connectivity index (χ1v) is 7.02. The molecule has 3 heterocycles. The zero-order valence-corrected chi connectivity index (χ0v) is 12.6. The molecule has 3 aromatic heterocycles. The van der Waals surface area contributed by atoms with Gasteiger partial charge in [-0.05, 0) is 37.3 Å². The number of alkyl halides is 3. The highest BCUT2D eigenvalue weighted by atomic mass is 32.1. The Morgan fingerprint density at radius 2 is 2.17 bits per heavy atom. The van der Waals surface area contributed by atoms with Gasteiger partial charge in [0.15, 0.2) is 10.5 Å². The number of rotatable bonds is 2. The molecule has 3 aromatic rings. The van der Waals surface area contributed by atoms with E-state index in [4.69, 9.17) is 16.6 Å². The fourth-order valence-corrected chi connectivity index (χ4v) is 2.65. The minimum absolute atomic E-state index is 0.0159. The Bertz CT molecular complexity index is 987. The molecule has 120 valence electrons. The minimum Gasteiger partial charge on any atom is -0.463 e. The van der Waals surface area contributed by atoms with Crippen LogP contribution in [0.5, 0.6) is 0 Å². The van der Waals surface area contributed by atoms with Gasteiger partial charge in [0.05, 0.1) is 17.2 Å². The normalized spacial score (nSPS) is 12.0. The van der Waals surface area contributed by atoms with Crippen molar-refractivity contribution in [3.63, 3.8) is 0 Å². The lowest BCUT2D eigenvalue weighted by atomic mass is 10.1. The molecule has 0 spiro atoms. The van der Waals surface area contributed by atoms with Crippen LogP contribution in [0.4, 0.5) is 13.2 Å². The van der Waals surface area contributed by atoms with Crippen LogP contribution in [-0.4, -0.2) is 14.5 Å². The van der Waals surface area contributed by atoms with Crippen molar-refractivity contribution in [2.75, 3.05) is 0 Å². The third-order valence-corrected chi connectivity index (χ3v) is 3.67. The summed E-state index contributed by atoms with van der Waals surface area (Å²) in [6.07, 6.45) is -3.39. The smallest absolute Gasteiger partial charge is 0.417 e. The number of furan rings is 1. The maximum Gasteiger partial charge on any atom is 0.417 e. The van der Waals surface area contributed by atoms with Gasteiger partial charge in [0, 0.05) is 6.54 Å². The highest BCUT2D eigenvalue weighted by Gasteiger charge is 2.35. The number of hydrogen-bond donors (Lipinski definition) is 1. The zero-order valence-electron chi connectivity index (χ0n) is 11.8. The molecule has 0 saturated carbocycles. The standard InChI is InChI=1S/C14H10F3N3O2S/c1-2-20-11-10(12(21)19-13(20)23)7(14(15,16)17)6-8(18-11)9-4-3-5-22-9/h3-6H,2H2,1H3,(H,19,21,23). The molecule has 23 heavy (non-hydrogen) atoms. The lowest BCUT2D eigenvalue weighted by Gasteiger charge is -2.14. The first kappa shape index (κ1) is 15.5. The van der Waals surface area contributed by atoms with Gasteiger partial charge in [0.2, 0.25) is 0 Å². The molecular weight excluding hydrogens is 331 g/mol. The highest BCUT2D eigenvalue weighted by Crippen LogP contribution is 2.35. The monoisotopic (exact) mass is 341 g/mol. The van der Waals surface area contributed by atoms with Gasteiger partial charge < -0.3 is 8.98 Å². The minimum atomic E-state index is -4.72. The van der Waals surface area contributed by atoms with Crippen molar-refractivity contribution < 1.29 is 17.6 Å². The van der Waals surface area contributed by atoms with Gasteiger partial charge in [-0.25, -0.2) is 4.98 Å². The number of aromatic amines is 1. The average Bonchev–Trinajstić information content (AvgIpc) is 2.99. The van der Waals surface area contributed by atoms with E-state index in [1.807, 2.05) is 0 Å². The van der Waals surface area contributed by atoms with E-state index in [-0.39, 0.29) is 28.4 Å². The van der Waals surface area contributed by atoms with Gasteiger partial charge in [0.25, 0.3) is 5.56 Å². The second kappa shape index (κ2) is 5.34. The molecule has 5 nitrogen and oxygen atoms in total. The summed E-state index contributed by atoms with van der Waals surface area (Å²) in [5.41, 5.74) is -2.13. The van der Waals surface area contributed by atoms with Gasteiger partial charge in [-0.1, -0.05) is 0 Å². The van der Waals surface area contributed by atoms with Gasteiger partial charge in [0.1, 0.15) is 11.3 Å². The predicted octanol–water partition coefficient (Wildman–Crippen LogP) is 3.75. The van der Waals surface area contributed by atoms with Crippen molar-refractivity contribution in [2.24, 2.45) is 0 Å². The van der Waals surface area contributed by atoms with Crippen LogP contribution in [-0.2, 0) is 12.7 Å². The molecule has 0 aromatic carbocycles. The van der Waals surface area contributed by atoms with Gasteiger partial charge in [-0.2, -0.15) is 13.2 Å². The molecule has 0 aliphatic rings. The van der Waals surface area contributed by atoms with Crippen LogP contribution < -0.4 is 5.56 Å². The lowest BCUT2D eigenvalue weighted by molar-refractivity contribution is -0.136. The van der Waals surface area contributed by atoms with Crippen LogP contribution in [0.3, 0.4) is 0 Å². The predicted molar refractivity (Wildman–Crippen MR) is 79.6 cm³/mol. The summed E-state index contributed by atoms with van der Waals surface area (Å²) >= 11 is 5.01. The fourth-order valence-electron chi connectivity index (χ4n) is 2.34. The summed E-state index contributed by atoms with van der Waals surface area (Å²) in [6.45, 7) is 1.96. The Morgan fingerprint density at radius 1 is 1.43 bits per heavy atom. The van der Waals surface area contributed by atoms with Crippen LogP contribution in [0.2, 0.25) is 0 Å². The topological polar surface area (TPSA) is 63.8 Å². The van der Waals surface area contributed by atoms with Crippen molar-refractivity contribution in [3.05, 3.63) is 45.2 Å². The molecule has 0 radical (unpaired) electrons. The van der Waals surface area contributed by atoms with E-state index < -0.39 is 22.7 Å². The Labute approximate surface area is 132 Å². The van der Waals surface area contributed by atoms with E-state index >= 15 is 0 Å². The Hall–Kier alpha value is -2.42. The summed E-state index contributed by atoms with van der Waals surface area (Å²) in [5.74, 6) is 0.172. The summed E-state index contributed by atoms with van der Waals surface area (Å²) in [4.78, 5) is 18.5. The maximum absolute atomic E-state index is 13.4. The van der Waals surface area contributed by atoms with Crippen LogP contribution >= 0.6 is 12.2 Å². The molecule has 0 aliphatic carbocycles. The molecular formula is C14H10F3N3O2S. The summed E-state index contributed by atoms with van der Waals surface area (Å²) in [7, 11) is 0. The van der Waals surface area contributed by atoms with E-state index in [0.29, 0.717) is 0 Å². The number of aryl methyl sites for hydroxylation is 1. The Balaban J connectivity index is 2.53. The Morgan fingerprint density at radius 3 is 2.74 bits per heavy atom. The largest absolute Gasteiger partial charge is 0.463 e. The molecule has 0 atom stereocenters. The number of halogens is 3. The highest BCUT2D eigenvalue weighted by molar-refractivity contribution is 7.71. The van der Waals surface area contributed by atoms with Crippen molar-refractivity contribution in [3.8, 4) is 11.5 Å². The van der Waals surface area contributed by atoms with E-state index in [1.165, 1.54) is 16.9 Å². The lowest BCUT2D eigenvalue weighted by Crippen LogP contribution is -2.20. The number of aromatic nitrogens is 3. The van der Waals surface area contributed by atoms with Crippen LogP contribution in [0.25, 0.3) is 22.5 Å². The zero-order chi connectivity index (χ0) is 16.8. The molecule has 1 N–H and O–H groups in total. The molecule has 0 bridgehead atoms. The second-order valence-electron chi connectivity index (χ2n) is 4.73. The molecule has 0 saturated heterocycles. The third-order valence-electron chi connectivity index (χ3n) is 3.34. The number of pyridine rings is 1. The van der Waals surface area contributed by atoms with E-state index in [1.54, 1.807) is 13.0 Å².